The van der Waals surface area contributed by atoms with Gasteiger partial charge in [-0.3, -0.25) is 4.79 Å². The lowest BCUT2D eigenvalue weighted by Gasteiger charge is -2.37. The summed E-state index contributed by atoms with van der Waals surface area (Å²) in [7, 11) is 1.60. The third-order valence-corrected chi connectivity index (χ3v) is 9.87. The highest BCUT2D eigenvalue weighted by Crippen LogP contribution is 2.35. The highest BCUT2D eigenvalue weighted by atomic mass is 35.5. The van der Waals surface area contributed by atoms with Gasteiger partial charge in [-0.15, -0.1) is 0 Å². The SMILES string of the molecule is CCOC(=O)c1sc(N2CC[C@@H](NC(=O)c3[nH]c(C)c(Cl)c3Cl)[C@@H](OC)C2)nc1-c1cnc(N2CCN(CC)CC2)cn1. The Kier molecular flexibility index (Phi) is 10.1. The number of thiazole rings is 1. The van der Waals surface area contributed by atoms with Crippen LogP contribution < -0.4 is 15.1 Å². The molecule has 5 rings (SSSR count). The van der Waals surface area contributed by atoms with Crippen LogP contribution >= 0.6 is 34.5 Å². The Balaban J connectivity index is 1.32. The molecule has 2 fully saturated rings. The first-order valence-electron chi connectivity index (χ1n) is 14.3. The molecule has 15 heteroatoms. The van der Waals surface area contributed by atoms with Crippen LogP contribution in [0.3, 0.4) is 0 Å². The average Bonchev–Trinajstić information content (AvgIpc) is 3.59. The Bertz CT molecular complexity index is 1440. The van der Waals surface area contributed by atoms with Crippen molar-refractivity contribution in [1.82, 2.24) is 30.2 Å². The maximum Gasteiger partial charge on any atom is 0.350 e. The molecule has 0 saturated carbocycles. The minimum absolute atomic E-state index is 0.195. The first-order chi connectivity index (χ1) is 20.7. The Hall–Kier alpha value is -2.97. The summed E-state index contributed by atoms with van der Waals surface area (Å²) in [5, 5.41) is 4.19. The summed E-state index contributed by atoms with van der Waals surface area (Å²) in [6.07, 6.45) is 3.65. The van der Waals surface area contributed by atoms with Crippen LogP contribution in [0.25, 0.3) is 11.4 Å². The van der Waals surface area contributed by atoms with Crippen LogP contribution in [0.15, 0.2) is 12.4 Å². The minimum Gasteiger partial charge on any atom is -0.462 e. The molecule has 232 valence electrons. The summed E-state index contributed by atoms with van der Waals surface area (Å²) in [5.74, 6) is -0.00121. The maximum absolute atomic E-state index is 13.0. The molecule has 0 spiro atoms. The molecule has 2 saturated heterocycles. The van der Waals surface area contributed by atoms with Gasteiger partial charge in [0.1, 0.15) is 27.8 Å². The van der Waals surface area contributed by atoms with Crippen LogP contribution in [0.5, 0.6) is 0 Å². The standard InChI is InChI=1S/C28H36Cl2N8O4S/c1-5-36-9-11-37(12-10-36)20-14-31-18(13-32-20)23-25(27(40)42-6-2)43-28(35-23)38-8-7-17(19(15-38)41-4)34-26(39)24-22(30)21(29)16(3)33-24/h13-14,17,19,33H,5-12,15H2,1-4H3,(H,34,39)/t17-,19+/m1/s1. The van der Waals surface area contributed by atoms with Crippen molar-refractivity contribution in [2.45, 2.75) is 39.3 Å². The van der Waals surface area contributed by atoms with Gasteiger partial charge in [0, 0.05) is 52.1 Å². The van der Waals surface area contributed by atoms with Crippen molar-refractivity contribution in [3.8, 4) is 11.4 Å². The second-order valence-corrected chi connectivity index (χ2v) is 12.2. The predicted octanol–water partition coefficient (Wildman–Crippen LogP) is 3.89. The molecule has 3 aromatic rings. The Morgan fingerprint density at radius 1 is 1.09 bits per heavy atom. The minimum atomic E-state index is -0.454. The van der Waals surface area contributed by atoms with Crippen molar-refractivity contribution >= 4 is 57.4 Å². The number of H-pyrrole nitrogens is 1. The van der Waals surface area contributed by atoms with Gasteiger partial charge >= 0.3 is 5.97 Å². The van der Waals surface area contributed by atoms with E-state index in [9.17, 15) is 9.59 Å². The number of piperazine rings is 1. The number of methoxy groups -OCH3 is 1. The molecule has 0 unspecified atom stereocenters. The highest BCUT2D eigenvalue weighted by Gasteiger charge is 2.34. The molecule has 5 heterocycles. The molecule has 2 aliphatic rings. The first kappa shape index (κ1) is 31.5. The molecule has 0 bridgehead atoms. The second-order valence-electron chi connectivity index (χ2n) is 10.4. The number of amides is 1. The van der Waals surface area contributed by atoms with Gasteiger partial charge in [-0.05, 0) is 26.8 Å². The monoisotopic (exact) mass is 650 g/mol. The fourth-order valence-corrected chi connectivity index (χ4v) is 6.74. The van der Waals surface area contributed by atoms with Gasteiger partial charge in [0.25, 0.3) is 5.91 Å². The number of nitrogens with zero attached hydrogens (tertiary/aromatic N) is 6. The summed E-state index contributed by atoms with van der Waals surface area (Å²) < 4.78 is 11.1. The van der Waals surface area contributed by atoms with E-state index in [0.29, 0.717) is 51.6 Å². The summed E-state index contributed by atoms with van der Waals surface area (Å²) in [5.41, 5.74) is 1.79. The van der Waals surface area contributed by atoms with E-state index in [4.69, 9.17) is 37.7 Å². The number of hydrogen-bond acceptors (Lipinski definition) is 11. The Morgan fingerprint density at radius 2 is 1.86 bits per heavy atom. The number of carbonyl (C=O) groups is 2. The summed E-state index contributed by atoms with van der Waals surface area (Å²) >= 11 is 13.7. The van der Waals surface area contributed by atoms with Crippen molar-refractivity contribution in [2.75, 3.05) is 69.3 Å². The highest BCUT2D eigenvalue weighted by molar-refractivity contribution is 7.17. The number of nitrogens with one attached hydrogen (secondary N) is 2. The molecule has 2 atom stereocenters. The van der Waals surface area contributed by atoms with Gasteiger partial charge in [0.15, 0.2) is 5.13 Å². The van der Waals surface area contributed by atoms with E-state index in [1.54, 1.807) is 33.4 Å². The van der Waals surface area contributed by atoms with Gasteiger partial charge < -0.3 is 34.5 Å². The van der Waals surface area contributed by atoms with Crippen LogP contribution in [-0.2, 0) is 9.47 Å². The van der Waals surface area contributed by atoms with E-state index in [1.807, 2.05) is 4.90 Å². The number of halogens is 2. The number of anilines is 2. The fraction of sp³-hybridized carbons (Fsp3) is 0.536. The quantitative estimate of drug-likeness (QED) is 0.329. The average molecular weight is 652 g/mol. The lowest BCUT2D eigenvalue weighted by molar-refractivity contribution is 0.0531. The molecule has 2 N–H and O–H groups in total. The number of likely N-dealkylation sites (N-methyl/N-ethyl adjacent to an activating group) is 1. The third-order valence-electron chi connectivity index (χ3n) is 7.83. The molecule has 0 radical (unpaired) electrons. The lowest BCUT2D eigenvalue weighted by atomic mass is 10.0. The van der Waals surface area contributed by atoms with Gasteiger partial charge in [-0.2, -0.15) is 0 Å². The van der Waals surface area contributed by atoms with Crippen molar-refractivity contribution in [2.24, 2.45) is 0 Å². The van der Waals surface area contributed by atoms with Crippen LogP contribution in [0.2, 0.25) is 10.0 Å². The Labute approximate surface area is 264 Å². The molecule has 0 aliphatic carbocycles. The normalized spacial score (nSPS) is 19.5. The zero-order valence-electron chi connectivity index (χ0n) is 24.7. The van der Waals surface area contributed by atoms with E-state index in [-0.39, 0.29) is 35.4 Å². The van der Waals surface area contributed by atoms with Gasteiger partial charge in [-0.1, -0.05) is 41.5 Å². The number of aromatic amines is 1. The zero-order valence-corrected chi connectivity index (χ0v) is 27.0. The molecule has 3 aromatic heterocycles. The van der Waals surface area contributed by atoms with E-state index in [1.165, 1.54) is 11.3 Å². The van der Waals surface area contributed by atoms with Crippen LogP contribution in [-0.4, -0.2) is 108 Å². The number of aromatic nitrogens is 4. The van der Waals surface area contributed by atoms with Gasteiger partial charge in [0.2, 0.25) is 0 Å². The molecule has 2 aliphatic heterocycles. The van der Waals surface area contributed by atoms with Crippen LogP contribution in [0.4, 0.5) is 10.9 Å². The van der Waals surface area contributed by atoms with Crippen LogP contribution in [0, 0.1) is 6.92 Å². The maximum atomic E-state index is 13.0. The number of esters is 1. The molecule has 12 nitrogen and oxygen atoms in total. The lowest BCUT2D eigenvalue weighted by Crippen LogP contribution is -2.55. The number of hydrogen-bond donors (Lipinski definition) is 2. The summed E-state index contributed by atoms with van der Waals surface area (Å²) in [4.78, 5) is 50.1. The number of ether oxygens (including phenoxy) is 2. The van der Waals surface area contributed by atoms with E-state index < -0.39 is 5.97 Å². The smallest absolute Gasteiger partial charge is 0.350 e. The summed E-state index contributed by atoms with van der Waals surface area (Å²) in [6, 6.07) is -0.270. The van der Waals surface area contributed by atoms with Crippen molar-refractivity contribution in [3.05, 3.63) is 38.7 Å². The number of piperidine rings is 1. The van der Waals surface area contributed by atoms with E-state index >= 15 is 0 Å². The molecule has 1 amide bonds. The van der Waals surface area contributed by atoms with E-state index in [0.717, 1.165) is 38.5 Å². The summed E-state index contributed by atoms with van der Waals surface area (Å²) in [6.45, 7) is 11.7. The number of aryl methyl sites for hydroxylation is 1. The number of carbonyl (C=O) groups excluding carboxylic acids is 2. The first-order valence-corrected chi connectivity index (χ1v) is 15.9. The van der Waals surface area contributed by atoms with Gasteiger partial charge in [0.05, 0.1) is 41.2 Å². The van der Waals surface area contributed by atoms with Crippen molar-refractivity contribution in [3.63, 3.8) is 0 Å². The number of rotatable bonds is 9. The topological polar surface area (TPSA) is 129 Å². The molecular weight excluding hydrogens is 615 g/mol. The van der Waals surface area contributed by atoms with E-state index in [2.05, 4.69) is 37.0 Å². The van der Waals surface area contributed by atoms with Gasteiger partial charge in [-0.25, -0.2) is 19.7 Å². The van der Waals surface area contributed by atoms with Crippen molar-refractivity contribution < 1.29 is 19.1 Å². The third kappa shape index (κ3) is 6.75. The molecule has 43 heavy (non-hydrogen) atoms. The molecular formula is C28H36Cl2N8O4S. The van der Waals surface area contributed by atoms with Crippen LogP contribution in [0.1, 0.15) is 46.1 Å². The zero-order chi connectivity index (χ0) is 30.7. The Morgan fingerprint density at radius 3 is 2.47 bits per heavy atom. The fourth-order valence-electron chi connectivity index (χ4n) is 5.32. The second kappa shape index (κ2) is 13.8. The predicted molar refractivity (Wildman–Crippen MR) is 168 cm³/mol. The largest absolute Gasteiger partial charge is 0.462 e. The van der Waals surface area contributed by atoms with Crippen molar-refractivity contribution in [1.29, 1.82) is 0 Å². The molecule has 0 aromatic carbocycles.